The number of ketones is 1. The van der Waals surface area contributed by atoms with E-state index in [1.54, 1.807) is 6.08 Å². The Morgan fingerprint density at radius 1 is 1.41 bits per heavy atom. The van der Waals surface area contributed by atoms with Crippen LogP contribution in [0.15, 0.2) is 23.4 Å². The number of carbonyl (C=O) groups is 2. The second kappa shape index (κ2) is 4.35. The van der Waals surface area contributed by atoms with Crippen molar-refractivity contribution >= 4 is 11.8 Å². The van der Waals surface area contributed by atoms with E-state index in [1.807, 2.05) is 0 Å². The van der Waals surface area contributed by atoms with Crippen LogP contribution in [-0.4, -0.2) is 24.4 Å². The summed E-state index contributed by atoms with van der Waals surface area (Å²) in [6, 6.07) is 0. The van der Waals surface area contributed by atoms with Crippen LogP contribution in [0, 0.1) is 0 Å². The largest absolute Gasteiger partial charge is 0.467 e. The zero-order chi connectivity index (χ0) is 12.5. The molecule has 0 aromatic rings. The van der Waals surface area contributed by atoms with Gasteiger partial charge in [0.1, 0.15) is 0 Å². The summed E-state index contributed by atoms with van der Waals surface area (Å²) >= 11 is 0. The maximum Gasteiger partial charge on any atom is 0.336 e. The Kier molecular flexibility index (Phi) is 3.05. The first-order chi connectivity index (χ1) is 8.15. The highest BCUT2D eigenvalue weighted by molar-refractivity contribution is 6.16. The summed E-state index contributed by atoms with van der Waals surface area (Å²) in [6.07, 6.45) is 6.88. The van der Waals surface area contributed by atoms with Crippen molar-refractivity contribution in [1.82, 2.24) is 5.32 Å². The van der Waals surface area contributed by atoms with Gasteiger partial charge in [-0.05, 0) is 18.6 Å². The van der Waals surface area contributed by atoms with Gasteiger partial charge >= 0.3 is 5.97 Å². The summed E-state index contributed by atoms with van der Waals surface area (Å²) in [5.41, 5.74) is 0.470. The normalized spacial score (nSPS) is 25.4. The molecule has 0 fully saturated rings. The second-order valence-corrected chi connectivity index (χ2v) is 4.47. The van der Waals surface area contributed by atoms with Crippen molar-refractivity contribution in [3.05, 3.63) is 23.4 Å². The fourth-order valence-corrected chi connectivity index (χ4v) is 2.49. The first kappa shape index (κ1) is 11.9. The Balaban J connectivity index is 2.18. The molecule has 0 amide bonds. The number of carbonyl (C=O) groups excluding carboxylic acids is 2. The summed E-state index contributed by atoms with van der Waals surface area (Å²) in [6.45, 7) is 2.10. The van der Waals surface area contributed by atoms with Crippen LogP contribution in [-0.2, 0) is 14.3 Å². The first-order valence-corrected chi connectivity index (χ1v) is 5.99. The van der Waals surface area contributed by atoms with E-state index < -0.39 is 5.54 Å². The number of hydrogen-bond donors (Lipinski definition) is 1. The van der Waals surface area contributed by atoms with Crippen molar-refractivity contribution in [2.75, 3.05) is 7.11 Å². The van der Waals surface area contributed by atoms with Gasteiger partial charge in [0.2, 0.25) is 0 Å². The highest BCUT2D eigenvalue weighted by Gasteiger charge is 2.54. The molecule has 4 heteroatoms. The van der Waals surface area contributed by atoms with Crippen LogP contribution in [0.25, 0.3) is 0 Å². The molecule has 1 N–H and O–H groups in total. The molecule has 92 valence electrons. The van der Waals surface area contributed by atoms with Gasteiger partial charge < -0.3 is 10.1 Å². The molecule has 1 heterocycles. The lowest BCUT2D eigenvalue weighted by Crippen LogP contribution is -2.62. The van der Waals surface area contributed by atoms with Crippen LogP contribution in [0.3, 0.4) is 0 Å². The fourth-order valence-electron chi connectivity index (χ4n) is 2.49. The van der Waals surface area contributed by atoms with E-state index in [0.717, 1.165) is 25.0 Å². The predicted octanol–water partition coefficient (Wildman–Crippen LogP) is 1.47. The number of methoxy groups -OCH3 is 1. The molecule has 0 aromatic carbocycles. The van der Waals surface area contributed by atoms with Crippen LogP contribution < -0.4 is 5.32 Å². The Labute approximate surface area is 101 Å². The molecule has 0 saturated heterocycles. The van der Waals surface area contributed by atoms with E-state index in [1.165, 1.54) is 13.2 Å². The maximum atomic E-state index is 11.9. The summed E-state index contributed by atoms with van der Waals surface area (Å²) in [5, 5.41) is 3.09. The number of nitrogens with one attached hydrogen (secondary N) is 1. The van der Waals surface area contributed by atoms with Gasteiger partial charge in [-0.25, -0.2) is 4.79 Å². The van der Waals surface area contributed by atoms with Gasteiger partial charge in [0.05, 0.1) is 12.7 Å². The van der Waals surface area contributed by atoms with Crippen molar-refractivity contribution in [2.24, 2.45) is 0 Å². The molecule has 0 bridgehead atoms. The number of hydrogen-bond acceptors (Lipinski definition) is 4. The Bertz CT molecular complexity index is 422. The number of esters is 1. The summed E-state index contributed by atoms with van der Waals surface area (Å²) in [4.78, 5) is 23.6. The highest BCUT2D eigenvalue weighted by Crippen LogP contribution is 2.40. The molecule has 1 aliphatic carbocycles. The maximum absolute atomic E-state index is 11.9. The zero-order valence-corrected chi connectivity index (χ0v) is 10.2. The molecule has 1 unspecified atom stereocenters. The van der Waals surface area contributed by atoms with Crippen molar-refractivity contribution in [1.29, 1.82) is 0 Å². The van der Waals surface area contributed by atoms with Gasteiger partial charge in [-0.15, -0.1) is 0 Å². The van der Waals surface area contributed by atoms with Gasteiger partial charge in [-0.2, -0.15) is 0 Å². The van der Waals surface area contributed by atoms with Crippen LogP contribution in [0.2, 0.25) is 0 Å². The lowest BCUT2D eigenvalue weighted by Gasteiger charge is -2.41. The molecule has 1 atom stereocenters. The fraction of sp³-hybridized carbons (Fsp3) is 0.538. The van der Waals surface area contributed by atoms with Crippen molar-refractivity contribution in [2.45, 2.75) is 38.1 Å². The minimum atomic E-state index is -0.889. The van der Waals surface area contributed by atoms with E-state index in [4.69, 9.17) is 4.74 Å². The van der Waals surface area contributed by atoms with Crippen LogP contribution in [0.4, 0.5) is 0 Å². The Hall–Kier alpha value is -1.58. The lowest BCUT2D eigenvalue weighted by atomic mass is 9.77. The van der Waals surface area contributed by atoms with Crippen LogP contribution in [0.1, 0.15) is 32.6 Å². The molecule has 1 aliphatic heterocycles. The average Bonchev–Trinajstić information content (AvgIpc) is 2.59. The van der Waals surface area contributed by atoms with E-state index in [9.17, 15) is 9.59 Å². The topological polar surface area (TPSA) is 55.4 Å². The number of allylic oxidation sites excluding steroid dienone is 2. The highest BCUT2D eigenvalue weighted by atomic mass is 16.5. The summed E-state index contributed by atoms with van der Waals surface area (Å²) < 4.78 is 4.83. The van der Waals surface area contributed by atoms with Crippen molar-refractivity contribution in [3.8, 4) is 0 Å². The van der Waals surface area contributed by atoms with Crippen LogP contribution >= 0.6 is 0 Å². The third-order valence-electron chi connectivity index (χ3n) is 3.38. The molecule has 0 aromatic heterocycles. The predicted molar refractivity (Wildman–Crippen MR) is 63.2 cm³/mol. The monoisotopic (exact) mass is 235 g/mol. The van der Waals surface area contributed by atoms with Crippen molar-refractivity contribution in [3.63, 3.8) is 0 Å². The third-order valence-corrected chi connectivity index (χ3v) is 3.38. The first-order valence-electron chi connectivity index (χ1n) is 5.99. The van der Waals surface area contributed by atoms with Gasteiger partial charge in [-0.1, -0.05) is 26.2 Å². The van der Waals surface area contributed by atoms with E-state index >= 15 is 0 Å². The summed E-state index contributed by atoms with van der Waals surface area (Å²) in [7, 11) is 1.36. The smallest absolute Gasteiger partial charge is 0.336 e. The standard InChI is InChI=1S/C13H17NO3/c1-3-4-5-8-13(12(16)17-2)11-9(14-13)6-7-10(11)15/h6-7,14H,3-5,8H2,1-2H3. The minimum Gasteiger partial charge on any atom is -0.467 e. The Morgan fingerprint density at radius 3 is 2.76 bits per heavy atom. The number of unbranched alkanes of at least 4 members (excludes halogenated alkanes) is 2. The van der Waals surface area contributed by atoms with E-state index in [2.05, 4.69) is 12.2 Å². The van der Waals surface area contributed by atoms with E-state index in [0.29, 0.717) is 12.0 Å². The van der Waals surface area contributed by atoms with Gasteiger partial charge in [0.25, 0.3) is 0 Å². The SMILES string of the molecule is CCCCCC1(C(=O)OC)NC2=C1C(=O)C=C2. The molecule has 4 nitrogen and oxygen atoms in total. The van der Waals surface area contributed by atoms with Crippen LogP contribution in [0.5, 0.6) is 0 Å². The molecule has 17 heavy (non-hydrogen) atoms. The number of rotatable bonds is 5. The molecular formula is C13H17NO3. The minimum absolute atomic E-state index is 0.0688. The lowest BCUT2D eigenvalue weighted by molar-refractivity contribution is -0.148. The Morgan fingerprint density at radius 2 is 2.18 bits per heavy atom. The van der Waals surface area contributed by atoms with Gasteiger partial charge in [0.15, 0.2) is 11.3 Å². The molecule has 2 aliphatic rings. The molecule has 0 saturated carbocycles. The van der Waals surface area contributed by atoms with E-state index in [-0.39, 0.29) is 11.8 Å². The second-order valence-electron chi connectivity index (χ2n) is 4.47. The summed E-state index contributed by atoms with van der Waals surface area (Å²) in [5.74, 6) is -0.426. The number of ether oxygens (including phenoxy) is 1. The quantitative estimate of drug-likeness (QED) is 0.579. The zero-order valence-electron chi connectivity index (χ0n) is 10.2. The average molecular weight is 235 g/mol. The molecule has 0 spiro atoms. The van der Waals surface area contributed by atoms with Gasteiger partial charge in [-0.3, -0.25) is 4.79 Å². The third kappa shape index (κ3) is 1.68. The molecule has 2 rings (SSSR count). The van der Waals surface area contributed by atoms with Gasteiger partial charge in [0, 0.05) is 5.70 Å². The molecular weight excluding hydrogens is 218 g/mol. The van der Waals surface area contributed by atoms with Crippen molar-refractivity contribution < 1.29 is 14.3 Å². The molecule has 0 radical (unpaired) electrons.